The summed E-state index contributed by atoms with van der Waals surface area (Å²) < 4.78 is 19.9. The highest BCUT2D eigenvalue weighted by Crippen LogP contribution is 2.47. The molecule has 0 saturated carbocycles. The lowest BCUT2D eigenvalue weighted by atomic mass is 9.85. The van der Waals surface area contributed by atoms with Gasteiger partial charge in [-0.2, -0.15) is 0 Å². The van der Waals surface area contributed by atoms with Gasteiger partial charge in [0.25, 0.3) is 0 Å². The van der Waals surface area contributed by atoms with Gasteiger partial charge in [-0.3, -0.25) is 10.3 Å². The molecule has 2 aliphatic heterocycles. The zero-order valence-electron chi connectivity index (χ0n) is 12.7. The highest BCUT2D eigenvalue weighted by atomic mass is 32.2. The van der Waals surface area contributed by atoms with Crippen molar-refractivity contribution in [3.8, 4) is 0 Å². The Morgan fingerprint density at radius 2 is 2.33 bits per heavy atom. The van der Waals surface area contributed by atoms with Gasteiger partial charge in [0.15, 0.2) is 5.17 Å². The molecule has 1 saturated heterocycles. The van der Waals surface area contributed by atoms with Crippen molar-refractivity contribution in [1.29, 1.82) is 0 Å². The number of aliphatic hydroxyl groups excluding tert-OH is 1. The average Bonchev–Trinajstić information content (AvgIpc) is 2.55. The summed E-state index contributed by atoms with van der Waals surface area (Å²) in [5.74, 6) is -0.486. The molecule has 1 aromatic carbocycles. The van der Waals surface area contributed by atoms with E-state index in [0.29, 0.717) is 17.7 Å². The van der Waals surface area contributed by atoms with Crippen molar-refractivity contribution in [3.63, 3.8) is 0 Å². The van der Waals surface area contributed by atoms with E-state index in [0.717, 1.165) is 11.8 Å². The van der Waals surface area contributed by atoms with Gasteiger partial charge in [0, 0.05) is 22.4 Å². The molecule has 0 aromatic heterocycles. The Labute approximate surface area is 142 Å². The fraction of sp³-hybridized carbons (Fsp3) is 0.467. The first-order valence-corrected chi connectivity index (χ1v) is 8.37. The van der Waals surface area contributed by atoms with Crippen LogP contribution in [0.1, 0.15) is 17.2 Å². The van der Waals surface area contributed by atoms with Gasteiger partial charge in [-0.05, 0) is 24.6 Å². The molecule has 1 unspecified atom stereocenters. The van der Waals surface area contributed by atoms with E-state index in [1.807, 2.05) is 0 Å². The van der Waals surface area contributed by atoms with Crippen molar-refractivity contribution < 1.29 is 24.1 Å². The molecule has 1 fully saturated rings. The number of nitrogens with zero attached hydrogens (tertiary/aromatic N) is 1. The molecule has 4 atom stereocenters. The zero-order chi connectivity index (χ0) is 17.3. The monoisotopic (exact) mass is 355 g/mol. The number of aliphatic hydroxyl groups is 1. The van der Waals surface area contributed by atoms with E-state index >= 15 is 0 Å². The van der Waals surface area contributed by atoms with Gasteiger partial charge in [0.2, 0.25) is 0 Å². The lowest BCUT2D eigenvalue weighted by Gasteiger charge is -2.41. The molecule has 0 aliphatic carbocycles. The fourth-order valence-electron chi connectivity index (χ4n) is 3.09. The number of amides is 1. The SMILES string of the molecule is Nc1ccc(F)c(C2SC(NC(=O)O)=N[C@@H]3CO[C@@H](CO)C[C@@H]23)c1. The fourth-order valence-corrected chi connectivity index (χ4v) is 4.45. The minimum absolute atomic E-state index is 0.0865. The number of aliphatic imine (C=N–C) groups is 1. The normalized spacial score (nSPS) is 29.5. The first-order valence-electron chi connectivity index (χ1n) is 7.49. The van der Waals surface area contributed by atoms with Gasteiger partial charge < -0.3 is 20.7 Å². The van der Waals surface area contributed by atoms with Gasteiger partial charge in [-0.15, -0.1) is 0 Å². The summed E-state index contributed by atoms with van der Waals surface area (Å²) in [7, 11) is 0. The zero-order valence-corrected chi connectivity index (χ0v) is 13.5. The quantitative estimate of drug-likeness (QED) is 0.599. The molecule has 9 heteroatoms. The lowest BCUT2D eigenvalue weighted by molar-refractivity contribution is -0.0481. The second-order valence-electron chi connectivity index (χ2n) is 5.79. The van der Waals surface area contributed by atoms with Crippen LogP contribution in [0.15, 0.2) is 23.2 Å². The summed E-state index contributed by atoms with van der Waals surface area (Å²) in [5, 5.41) is 20.4. The number of hydrogen-bond acceptors (Lipinski definition) is 6. The minimum atomic E-state index is -1.23. The van der Waals surface area contributed by atoms with Crippen LogP contribution in [0, 0.1) is 11.7 Å². The van der Waals surface area contributed by atoms with Crippen LogP contribution >= 0.6 is 11.8 Å². The number of anilines is 1. The number of halogens is 1. The Balaban J connectivity index is 1.96. The van der Waals surface area contributed by atoms with E-state index in [1.54, 1.807) is 6.07 Å². The van der Waals surface area contributed by atoms with Crippen LogP contribution in [-0.4, -0.2) is 46.8 Å². The number of hydrogen-bond donors (Lipinski definition) is 4. The standard InChI is InChI=1S/C15H18FN3O4S/c16-11-2-1-7(17)3-9(11)13-10-4-8(5-20)23-6-12(10)18-14(24-13)19-15(21)22/h1-3,8,10,12-13,20H,4-6,17H2,(H,18,19)(H,21,22)/t8-,10-,12-,13?/m1/s1. The Kier molecular flexibility index (Phi) is 4.93. The van der Waals surface area contributed by atoms with Gasteiger partial charge in [0.05, 0.1) is 25.4 Å². The van der Waals surface area contributed by atoms with Crippen molar-refractivity contribution >= 4 is 28.7 Å². The van der Waals surface area contributed by atoms with E-state index in [1.165, 1.54) is 12.1 Å². The first-order chi connectivity index (χ1) is 11.5. The maximum Gasteiger partial charge on any atom is 0.410 e. The van der Waals surface area contributed by atoms with Crippen molar-refractivity contribution in [2.45, 2.75) is 23.8 Å². The molecule has 130 valence electrons. The number of fused-ring (bicyclic) bond motifs is 1. The van der Waals surface area contributed by atoms with E-state index in [9.17, 15) is 14.3 Å². The van der Waals surface area contributed by atoms with Crippen LogP contribution < -0.4 is 11.1 Å². The molecule has 24 heavy (non-hydrogen) atoms. The number of carboxylic acid groups (broad SMARTS) is 1. The minimum Gasteiger partial charge on any atom is -0.465 e. The summed E-state index contributed by atoms with van der Waals surface area (Å²) in [6.07, 6.45) is -1.05. The highest BCUT2D eigenvalue weighted by molar-refractivity contribution is 8.14. The van der Waals surface area contributed by atoms with E-state index in [2.05, 4.69) is 10.3 Å². The van der Waals surface area contributed by atoms with Gasteiger partial charge in [-0.1, -0.05) is 11.8 Å². The maximum atomic E-state index is 14.4. The molecule has 2 heterocycles. The van der Waals surface area contributed by atoms with Crippen molar-refractivity contribution in [2.75, 3.05) is 18.9 Å². The Bertz CT molecular complexity index is 672. The molecule has 3 rings (SSSR count). The maximum absolute atomic E-state index is 14.4. The Morgan fingerprint density at radius 1 is 1.54 bits per heavy atom. The number of thioether (sulfide) groups is 1. The third-order valence-corrected chi connectivity index (χ3v) is 5.47. The van der Waals surface area contributed by atoms with Crippen LogP contribution in [0.3, 0.4) is 0 Å². The number of nitrogens with one attached hydrogen (secondary N) is 1. The van der Waals surface area contributed by atoms with E-state index < -0.39 is 11.9 Å². The van der Waals surface area contributed by atoms with Gasteiger partial charge >= 0.3 is 6.09 Å². The number of benzene rings is 1. The van der Waals surface area contributed by atoms with E-state index in [-0.39, 0.29) is 41.7 Å². The second-order valence-corrected chi connectivity index (χ2v) is 6.92. The lowest BCUT2D eigenvalue weighted by Crippen LogP contribution is -2.45. The summed E-state index contributed by atoms with van der Waals surface area (Å²) in [6.45, 7) is 0.131. The molecule has 0 spiro atoms. The predicted octanol–water partition coefficient (Wildman–Crippen LogP) is 1.59. The summed E-state index contributed by atoms with van der Waals surface area (Å²) in [6, 6.07) is 4.05. The third-order valence-electron chi connectivity index (χ3n) is 4.19. The topological polar surface area (TPSA) is 117 Å². The van der Waals surface area contributed by atoms with Gasteiger partial charge in [0.1, 0.15) is 5.82 Å². The largest absolute Gasteiger partial charge is 0.465 e. The van der Waals surface area contributed by atoms with E-state index in [4.69, 9.17) is 15.6 Å². The van der Waals surface area contributed by atoms with Crippen LogP contribution in [0.5, 0.6) is 0 Å². The van der Waals surface area contributed by atoms with Crippen LogP contribution in [-0.2, 0) is 4.74 Å². The summed E-state index contributed by atoms with van der Waals surface area (Å²) >= 11 is 1.16. The number of nitrogens with two attached hydrogens (primary N) is 1. The molecular formula is C15H18FN3O4S. The first kappa shape index (κ1) is 17.0. The van der Waals surface area contributed by atoms with Crippen molar-refractivity contribution in [2.24, 2.45) is 10.9 Å². The van der Waals surface area contributed by atoms with Crippen molar-refractivity contribution in [1.82, 2.24) is 5.32 Å². The highest BCUT2D eigenvalue weighted by Gasteiger charge is 2.42. The molecule has 0 bridgehead atoms. The smallest absolute Gasteiger partial charge is 0.410 e. The average molecular weight is 355 g/mol. The number of rotatable bonds is 2. The molecule has 5 N–H and O–H groups in total. The Morgan fingerprint density at radius 3 is 3.04 bits per heavy atom. The van der Waals surface area contributed by atoms with Crippen LogP contribution in [0.4, 0.5) is 14.9 Å². The molecular weight excluding hydrogens is 337 g/mol. The molecule has 2 aliphatic rings. The molecule has 0 radical (unpaired) electrons. The molecule has 1 amide bonds. The number of carbonyl (C=O) groups is 1. The predicted molar refractivity (Wildman–Crippen MR) is 88.5 cm³/mol. The van der Waals surface area contributed by atoms with Gasteiger partial charge in [-0.25, -0.2) is 9.18 Å². The number of nitrogen functional groups attached to an aromatic ring is 1. The third kappa shape index (κ3) is 3.47. The molecule has 7 nitrogen and oxygen atoms in total. The van der Waals surface area contributed by atoms with Crippen LogP contribution in [0.25, 0.3) is 0 Å². The van der Waals surface area contributed by atoms with Crippen LogP contribution in [0.2, 0.25) is 0 Å². The molecule has 1 aromatic rings. The number of amidine groups is 1. The Hall–Kier alpha value is -1.84. The summed E-state index contributed by atoms with van der Waals surface area (Å²) in [4.78, 5) is 15.3. The van der Waals surface area contributed by atoms with Crippen molar-refractivity contribution in [3.05, 3.63) is 29.6 Å². The second kappa shape index (κ2) is 6.96. The number of ether oxygens (including phenoxy) is 1. The summed E-state index contributed by atoms with van der Waals surface area (Å²) in [5.41, 5.74) is 6.64.